The number of nitrogens with zero attached hydrogens (tertiary/aromatic N) is 1. The smallest absolute Gasteiger partial charge is 0.169 e. The van der Waals surface area contributed by atoms with E-state index in [4.69, 9.17) is 0 Å². The third-order valence-electron chi connectivity index (χ3n) is 2.85. The predicted octanol–water partition coefficient (Wildman–Crippen LogP) is 3.23. The zero-order valence-electron chi connectivity index (χ0n) is 11.6. The summed E-state index contributed by atoms with van der Waals surface area (Å²) in [6.07, 6.45) is 0. The fraction of sp³-hybridized carbons (Fsp3) is 0.533. The number of carbonyl (C=O) groups is 1. The van der Waals surface area contributed by atoms with E-state index < -0.39 is 5.82 Å². The van der Waals surface area contributed by atoms with Gasteiger partial charge in [-0.3, -0.25) is 4.79 Å². The fourth-order valence-electron chi connectivity index (χ4n) is 2.17. The molecule has 2 nitrogen and oxygen atoms in total. The van der Waals surface area contributed by atoms with Crippen molar-refractivity contribution in [2.24, 2.45) is 11.8 Å². The molecule has 0 aliphatic heterocycles. The van der Waals surface area contributed by atoms with Gasteiger partial charge in [0.2, 0.25) is 0 Å². The zero-order valence-corrected chi connectivity index (χ0v) is 11.6. The third-order valence-corrected chi connectivity index (χ3v) is 2.85. The van der Waals surface area contributed by atoms with Crippen LogP contribution in [0.1, 0.15) is 31.1 Å². The lowest BCUT2D eigenvalue weighted by atomic mass is 9.98. The summed E-state index contributed by atoms with van der Waals surface area (Å²) in [4.78, 5) is 14.2. The average molecular weight is 251 g/mol. The maximum absolute atomic E-state index is 13.5. The van der Waals surface area contributed by atoms with Crippen molar-refractivity contribution in [1.82, 2.24) is 4.90 Å². The number of hydrogen-bond acceptors (Lipinski definition) is 2. The van der Waals surface area contributed by atoms with E-state index in [0.29, 0.717) is 12.5 Å². The monoisotopic (exact) mass is 251 g/mol. The molecule has 0 N–H and O–H groups in total. The van der Waals surface area contributed by atoms with Gasteiger partial charge >= 0.3 is 0 Å². The summed E-state index contributed by atoms with van der Waals surface area (Å²) in [5, 5.41) is 0. The molecule has 0 bridgehead atoms. The first-order valence-corrected chi connectivity index (χ1v) is 6.39. The van der Waals surface area contributed by atoms with Crippen molar-refractivity contribution < 1.29 is 9.18 Å². The number of benzene rings is 1. The van der Waals surface area contributed by atoms with E-state index in [1.54, 1.807) is 18.2 Å². The SMILES string of the molecule is CC(C)CN(C)CC(C)C(=O)c1ccccc1F. The first-order chi connectivity index (χ1) is 8.41. The van der Waals surface area contributed by atoms with Gasteiger partial charge in [0.25, 0.3) is 0 Å². The molecule has 100 valence electrons. The summed E-state index contributed by atoms with van der Waals surface area (Å²) < 4.78 is 13.5. The Kier molecular flexibility index (Phi) is 5.48. The molecule has 0 aliphatic carbocycles. The Morgan fingerprint density at radius 2 is 1.83 bits per heavy atom. The van der Waals surface area contributed by atoms with Crippen molar-refractivity contribution in [3.8, 4) is 0 Å². The molecule has 0 saturated carbocycles. The largest absolute Gasteiger partial charge is 0.305 e. The van der Waals surface area contributed by atoms with Crippen molar-refractivity contribution in [1.29, 1.82) is 0 Å². The van der Waals surface area contributed by atoms with Crippen molar-refractivity contribution >= 4 is 5.78 Å². The Labute approximate surface area is 109 Å². The molecule has 3 heteroatoms. The highest BCUT2D eigenvalue weighted by Gasteiger charge is 2.19. The molecule has 0 spiro atoms. The van der Waals surface area contributed by atoms with Crippen LogP contribution in [-0.2, 0) is 0 Å². The maximum Gasteiger partial charge on any atom is 0.169 e. The van der Waals surface area contributed by atoms with Crippen LogP contribution in [0.4, 0.5) is 4.39 Å². The third kappa shape index (κ3) is 4.22. The second-order valence-corrected chi connectivity index (χ2v) is 5.36. The van der Waals surface area contributed by atoms with Crippen LogP contribution >= 0.6 is 0 Å². The Hall–Kier alpha value is -1.22. The van der Waals surface area contributed by atoms with Crippen molar-refractivity contribution in [3.63, 3.8) is 0 Å². The first kappa shape index (κ1) is 14.8. The van der Waals surface area contributed by atoms with Crippen molar-refractivity contribution in [3.05, 3.63) is 35.6 Å². The highest BCUT2D eigenvalue weighted by molar-refractivity contribution is 5.98. The highest BCUT2D eigenvalue weighted by Crippen LogP contribution is 2.14. The van der Waals surface area contributed by atoms with Crippen molar-refractivity contribution in [2.75, 3.05) is 20.1 Å². The first-order valence-electron chi connectivity index (χ1n) is 6.39. The zero-order chi connectivity index (χ0) is 13.7. The van der Waals surface area contributed by atoms with Crippen LogP contribution in [0.2, 0.25) is 0 Å². The van der Waals surface area contributed by atoms with Gasteiger partial charge in [-0.1, -0.05) is 32.9 Å². The van der Waals surface area contributed by atoms with Crippen LogP contribution < -0.4 is 0 Å². The minimum Gasteiger partial charge on any atom is -0.305 e. The second kappa shape index (κ2) is 6.64. The number of carbonyl (C=O) groups excluding carboxylic acids is 1. The Bertz CT molecular complexity index is 403. The molecule has 1 rings (SSSR count). The predicted molar refractivity (Wildman–Crippen MR) is 72.2 cm³/mol. The molecule has 0 aliphatic rings. The van der Waals surface area contributed by atoms with E-state index in [9.17, 15) is 9.18 Å². The van der Waals surface area contributed by atoms with Gasteiger partial charge < -0.3 is 4.90 Å². The molecule has 1 atom stereocenters. The number of halogens is 1. The molecule has 0 fully saturated rings. The summed E-state index contributed by atoms with van der Waals surface area (Å²) in [5.74, 6) is -0.180. The highest BCUT2D eigenvalue weighted by atomic mass is 19.1. The van der Waals surface area contributed by atoms with Gasteiger partial charge in [-0.25, -0.2) is 4.39 Å². The maximum atomic E-state index is 13.5. The lowest BCUT2D eigenvalue weighted by molar-refractivity contribution is 0.0895. The summed E-state index contributed by atoms with van der Waals surface area (Å²) in [5.41, 5.74) is 0.197. The van der Waals surface area contributed by atoms with Crippen molar-refractivity contribution in [2.45, 2.75) is 20.8 Å². The Morgan fingerprint density at radius 3 is 2.39 bits per heavy atom. The number of Topliss-reactive ketones (excluding diaryl/α,β-unsaturated/α-hetero) is 1. The fourth-order valence-corrected chi connectivity index (χ4v) is 2.17. The summed E-state index contributed by atoms with van der Waals surface area (Å²) in [7, 11) is 1.99. The number of rotatable bonds is 6. The lowest BCUT2D eigenvalue weighted by Crippen LogP contribution is -2.31. The van der Waals surface area contributed by atoms with Crippen LogP contribution in [0.3, 0.4) is 0 Å². The standard InChI is InChI=1S/C15H22FNO/c1-11(2)9-17(4)10-12(3)15(18)13-7-5-6-8-14(13)16/h5-8,11-12H,9-10H2,1-4H3. The summed E-state index contributed by atoms with van der Waals surface area (Å²) >= 11 is 0. The van der Waals surface area contributed by atoms with Gasteiger partial charge in [0.1, 0.15) is 5.82 Å². The molecule has 0 radical (unpaired) electrons. The topological polar surface area (TPSA) is 20.3 Å². The van der Waals surface area contributed by atoms with E-state index in [2.05, 4.69) is 18.7 Å². The normalized spacial score (nSPS) is 13.1. The minimum atomic E-state index is -0.430. The molecular formula is C15H22FNO. The molecule has 0 heterocycles. The molecule has 0 aromatic heterocycles. The second-order valence-electron chi connectivity index (χ2n) is 5.36. The molecule has 0 saturated heterocycles. The van der Waals surface area contributed by atoms with Crippen LogP contribution in [0.5, 0.6) is 0 Å². The molecule has 1 aromatic carbocycles. The quantitative estimate of drug-likeness (QED) is 0.723. The van der Waals surface area contributed by atoms with E-state index in [-0.39, 0.29) is 17.3 Å². The average Bonchev–Trinajstić information content (AvgIpc) is 2.27. The van der Waals surface area contributed by atoms with Crippen LogP contribution in [0.15, 0.2) is 24.3 Å². The van der Waals surface area contributed by atoms with E-state index >= 15 is 0 Å². The van der Waals surface area contributed by atoms with Gasteiger partial charge in [0.15, 0.2) is 5.78 Å². The number of ketones is 1. The van der Waals surface area contributed by atoms with Crippen LogP contribution in [0.25, 0.3) is 0 Å². The number of hydrogen-bond donors (Lipinski definition) is 0. The molecule has 18 heavy (non-hydrogen) atoms. The summed E-state index contributed by atoms with van der Waals surface area (Å²) in [6.45, 7) is 7.73. The van der Waals surface area contributed by atoms with Gasteiger partial charge in [0, 0.05) is 19.0 Å². The van der Waals surface area contributed by atoms with Crippen LogP contribution in [-0.4, -0.2) is 30.8 Å². The molecule has 1 aromatic rings. The van der Waals surface area contributed by atoms with E-state index in [0.717, 1.165) is 6.54 Å². The molecule has 1 unspecified atom stereocenters. The lowest BCUT2D eigenvalue weighted by Gasteiger charge is -2.22. The van der Waals surface area contributed by atoms with E-state index in [1.807, 2.05) is 14.0 Å². The Balaban J connectivity index is 2.65. The minimum absolute atomic E-state index is 0.122. The van der Waals surface area contributed by atoms with E-state index in [1.165, 1.54) is 6.07 Å². The van der Waals surface area contributed by atoms with Gasteiger partial charge in [-0.2, -0.15) is 0 Å². The Morgan fingerprint density at radius 1 is 1.22 bits per heavy atom. The summed E-state index contributed by atoms with van der Waals surface area (Å²) in [6, 6.07) is 6.18. The molecule has 0 amide bonds. The van der Waals surface area contributed by atoms with Gasteiger partial charge in [-0.15, -0.1) is 0 Å². The van der Waals surface area contributed by atoms with Crippen LogP contribution in [0, 0.1) is 17.7 Å². The van der Waals surface area contributed by atoms with Gasteiger partial charge in [-0.05, 0) is 25.1 Å². The van der Waals surface area contributed by atoms with Gasteiger partial charge in [0.05, 0.1) is 5.56 Å². The molecular weight excluding hydrogens is 229 g/mol.